The van der Waals surface area contributed by atoms with Crippen LogP contribution in [0.25, 0.3) is 10.8 Å². The number of amides is 1. The number of carbonyl (C=O) groups is 1. The van der Waals surface area contributed by atoms with E-state index in [0.29, 0.717) is 0 Å². The number of halogens is 1. The molecule has 3 nitrogen and oxygen atoms in total. The summed E-state index contributed by atoms with van der Waals surface area (Å²) in [4.78, 5) is 12.3. The highest BCUT2D eigenvalue weighted by Crippen LogP contribution is 2.20. The monoisotopic (exact) mass is 318 g/mol. The minimum Gasteiger partial charge on any atom is -0.348 e. The van der Waals surface area contributed by atoms with E-state index in [1.807, 2.05) is 19.1 Å². The number of hydrogen-bond acceptors (Lipinski definition) is 2. The van der Waals surface area contributed by atoms with Crippen LogP contribution in [0.3, 0.4) is 0 Å². The SMILES string of the molecule is CC(NC(=O)C1CCCCN1)c1ccc2ccccc2c1.Cl. The summed E-state index contributed by atoms with van der Waals surface area (Å²) in [5, 5.41) is 8.87. The zero-order chi connectivity index (χ0) is 14.7. The Labute approximate surface area is 137 Å². The molecule has 22 heavy (non-hydrogen) atoms. The molecule has 1 aliphatic rings. The third-order valence-electron chi connectivity index (χ3n) is 4.26. The molecule has 0 radical (unpaired) electrons. The highest BCUT2D eigenvalue weighted by atomic mass is 35.5. The topological polar surface area (TPSA) is 41.1 Å². The van der Waals surface area contributed by atoms with Crippen LogP contribution in [0.15, 0.2) is 42.5 Å². The first-order chi connectivity index (χ1) is 10.2. The number of hydrogen-bond donors (Lipinski definition) is 2. The Morgan fingerprint density at radius 2 is 1.95 bits per heavy atom. The number of benzene rings is 2. The minimum absolute atomic E-state index is 0. The Morgan fingerprint density at radius 1 is 1.18 bits per heavy atom. The summed E-state index contributed by atoms with van der Waals surface area (Å²) in [6.45, 7) is 2.99. The Morgan fingerprint density at radius 3 is 2.68 bits per heavy atom. The van der Waals surface area contributed by atoms with E-state index < -0.39 is 0 Å². The third kappa shape index (κ3) is 3.79. The van der Waals surface area contributed by atoms with E-state index in [1.54, 1.807) is 0 Å². The van der Waals surface area contributed by atoms with Crippen LogP contribution in [0.1, 0.15) is 37.8 Å². The molecule has 0 saturated carbocycles. The standard InChI is InChI=1S/C18H22N2O.ClH/c1-13(20-18(21)17-8-4-5-11-19-17)15-10-9-14-6-2-3-7-16(14)12-15;/h2-3,6-7,9-10,12-13,17,19H,4-5,8,11H2,1H3,(H,20,21);1H. The summed E-state index contributed by atoms with van der Waals surface area (Å²) >= 11 is 0. The molecule has 1 aliphatic heterocycles. The predicted octanol–water partition coefficient (Wildman–Crippen LogP) is 3.58. The van der Waals surface area contributed by atoms with Crippen LogP contribution in [0.2, 0.25) is 0 Å². The van der Waals surface area contributed by atoms with Gasteiger partial charge in [0.1, 0.15) is 0 Å². The highest BCUT2D eigenvalue weighted by molar-refractivity contribution is 5.85. The highest BCUT2D eigenvalue weighted by Gasteiger charge is 2.21. The summed E-state index contributed by atoms with van der Waals surface area (Å²) in [5.41, 5.74) is 1.15. The van der Waals surface area contributed by atoms with Crippen molar-refractivity contribution in [3.05, 3.63) is 48.0 Å². The van der Waals surface area contributed by atoms with Crippen molar-refractivity contribution >= 4 is 29.1 Å². The average Bonchev–Trinajstić information content (AvgIpc) is 2.55. The normalized spacial score (nSPS) is 19.2. The maximum atomic E-state index is 12.3. The molecule has 0 aromatic heterocycles. The number of nitrogens with one attached hydrogen (secondary N) is 2. The molecule has 2 unspecified atom stereocenters. The van der Waals surface area contributed by atoms with Crippen LogP contribution < -0.4 is 10.6 Å². The molecule has 0 spiro atoms. The van der Waals surface area contributed by atoms with Gasteiger partial charge in [-0.1, -0.05) is 42.8 Å². The van der Waals surface area contributed by atoms with E-state index in [0.717, 1.165) is 24.9 Å². The molecule has 2 aromatic rings. The van der Waals surface area contributed by atoms with Gasteiger partial charge in [0.25, 0.3) is 0 Å². The van der Waals surface area contributed by atoms with E-state index in [-0.39, 0.29) is 30.4 Å². The number of carbonyl (C=O) groups excluding carboxylic acids is 1. The van der Waals surface area contributed by atoms with E-state index in [9.17, 15) is 4.79 Å². The van der Waals surface area contributed by atoms with Crippen LogP contribution in [0.5, 0.6) is 0 Å². The Balaban J connectivity index is 0.00000176. The van der Waals surface area contributed by atoms with Crippen LogP contribution in [0, 0.1) is 0 Å². The summed E-state index contributed by atoms with van der Waals surface area (Å²) < 4.78 is 0. The maximum Gasteiger partial charge on any atom is 0.237 e. The fourth-order valence-electron chi connectivity index (χ4n) is 2.95. The molecule has 1 heterocycles. The van der Waals surface area contributed by atoms with Crippen molar-refractivity contribution in [2.24, 2.45) is 0 Å². The zero-order valence-electron chi connectivity index (χ0n) is 12.8. The number of rotatable bonds is 3. The number of piperidine rings is 1. The van der Waals surface area contributed by atoms with Gasteiger partial charge < -0.3 is 10.6 Å². The average molecular weight is 319 g/mol. The summed E-state index contributed by atoms with van der Waals surface area (Å²) in [5.74, 6) is 0.121. The fourth-order valence-corrected chi connectivity index (χ4v) is 2.95. The molecule has 0 aliphatic carbocycles. The minimum atomic E-state index is -0.0262. The van der Waals surface area contributed by atoms with Gasteiger partial charge in [-0.05, 0) is 48.7 Å². The summed E-state index contributed by atoms with van der Waals surface area (Å²) in [6.07, 6.45) is 3.25. The Kier molecular flexibility index (Phi) is 5.81. The largest absolute Gasteiger partial charge is 0.348 e. The molecule has 118 valence electrons. The van der Waals surface area contributed by atoms with E-state index >= 15 is 0 Å². The van der Waals surface area contributed by atoms with Crippen LogP contribution in [0.4, 0.5) is 0 Å². The molecular formula is C18H23ClN2O. The molecule has 2 N–H and O–H groups in total. The summed E-state index contributed by atoms with van der Waals surface area (Å²) in [6, 6.07) is 14.7. The van der Waals surface area contributed by atoms with Crippen molar-refractivity contribution in [2.75, 3.05) is 6.54 Å². The third-order valence-corrected chi connectivity index (χ3v) is 4.26. The van der Waals surface area contributed by atoms with Crippen LogP contribution in [-0.4, -0.2) is 18.5 Å². The quantitative estimate of drug-likeness (QED) is 0.908. The van der Waals surface area contributed by atoms with E-state index in [1.165, 1.54) is 17.2 Å². The van der Waals surface area contributed by atoms with Gasteiger partial charge in [0.15, 0.2) is 0 Å². The van der Waals surface area contributed by atoms with Gasteiger partial charge in [0.05, 0.1) is 12.1 Å². The number of fused-ring (bicyclic) bond motifs is 1. The van der Waals surface area contributed by atoms with Crippen molar-refractivity contribution in [3.8, 4) is 0 Å². The zero-order valence-corrected chi connectivity index (χ0v) is 13.7. The van der Waals surface area contributed by atoms with Gasteiger partial charge in [-0.25, -0.2) is 0 Å². The molecular weight excluding hydrogens is 296 g/mol. The molecule has 3 rings (SSSR count). The first kappa shape index (κ1) is 16.8. The molecule has 1 amide bonds. The van der Waals surface area contributed by atoms with Crippen molar-refractivity contribution in [3.63, 3.8) is 0 Å². The lowest BCUT2D eigenvalue weighted by Gasteiger charge is -2.24. The molecule has 0 bridgehead atoms. The second kappa shape index (κ2) is 7.61. The molecule has 2 atom stereocenters. The van der Waals surface area contributed by atoms with Crippen molar-refractivity contribution in [2.45, 2.75) is 38.3 Å². The van der Waals surface area contributed by atoms with Gasteiger partial charge in [-0.2, -0.15) is 0 Å². The predicted molar refractivity (Wildman–Crippen MR) is 93.4 cm³/mol. The van der Waals surface area contributed by atoms with Gasteiger partial charge in [-0.15, -0.1) is 12.4 Å². The van der Waals surface area contributed by atoms with Crippen LogP contribution >= 0.6 is 12.4 Å². The fraction of sp³-hybridized carbons (Fsp3) is 0.389. The first-order valence-corrected chi connectivity index (χ1v) is 7.76. The Hall–Kier alpha value is -1.58. The van der Waals surface area contributed by atoms with E-state index in [4.69, 9.17) is 0 Å². The lowest BCUT2D eigenvalue weighted by atomic mass is 10.0. The van der Waals surface area contributed by atoms with Crippen molar-refractivity contribution in [1.29, 1.82) is 0 Å². The Bertz CT molecular complexity index is 638. The second-order valence-corrected chi connectivity index (χ2v) is 5.84. The first-order valence-electron chi connectivity index (χ1n) is 7.76. The molecule has 1 fully saturated rings. The van der Waals surface area contributed by atoms with Crippen molar-refractivity contribution in [1.82, 2.24) is 10.6 Å². The van der Waals surface area contributed by atoms with Gasteiger partial charge >= 0.3 is 0 Å². The maximum absolute atomic E-state index is 12.3. The molecule has 1 saturated heterocycles. The molecule has 2 aromatic carbocycles. The van der Waals surface area contributed by atoms with Gasteiger partial charge in [0, 0.05) is 0 Å². The van der Waals surface area contributed by atoms with Gasteiger partial charge in [-0.3, -0.25) is 4.79 Å². The lowest BCUT2D eigenvalue weighted by molar-refractivity contribution is -0.124. The van der Waals surface area contributed by atoms with Crippen LogP contribution in [-0.2, 0) is 4.79 Å². The molecule has 4 heteroatoms. The van der Waals surface area contributed by atoms with Crippen molar-refractivity contribution < 1.29 is 4.79 Å². The smallest absolute Gasteiger partial charge is 0.237 e. The second-order valence-electron chi connectivity index (χ2n) is 5.84. The summed E-state index contributed by atoms with van der Waals surface area (Å²) in [7, 11) is 0. The lowest BCUT2D eigenvalue weighted by Crippen LogP contribution is -2.47. The van der Waals surface area contributed by atoms with Gasteiger partial charge in [0.2, 0.25) is 5.91 Å². The van der Waals surface area contributed by atoms with E-state index in [2.05, 4.69) is 41.0 Å².